The van der Waals surface area contributed by atoms with Crippen molar-refractivity contribution >= 4 is 22.2 Å². The van der Waals surface area contributed by atoms with Gasteiger partial charge in [-0.15, -0.1) is 11.3 Å². The van der Waals surface area contributed by atoms with Gasteiger partial charge in [0.25, 0.3) is 5.91 Å². The van der Waals surface area contributed by atoms with Crippen LogP contribution in [0.5, 0.6) is 0 Å². The Morgan fingerprint density at radius 1 is 1.36 bits per heavy atom. The number of hydrogen-bond donors (Lipinski definition) is 1. The summed E-state index contributed by atoms with van der Waals surface area (Å²) in [7, 11) is 0. The molecule has 0 aliphatic carbocycles. The normalized spacial score (nSPS) is 11.3. The number of hydrogen-bond acceptors (Lipinski definition) is 4. The van der Waals surface area contributed by atoms with E-state index in [9.17, 15) is 23.2 Å². The van der Waals surface area contributed by atoms with Crippen molar-refractivity contribution in [3.8, 4) is 11.8 Å². The van der Waals surface area contributed by atoms with E-state index in [1.807, 2.05) is 13.0 Å². The zero-order valence-corrected chi connectivity index (χ0v) is 15.8. The third kappa shape index (κ3) is 3.77. The summed E-state index contributed by atoms with van der Waals surface area (Å²) in [6.45, 7) is 3.54. The van der Waals surface area contributed by atoms with Crippen LogP contribution in [0.15, 0.2) is 36.5 Å². The summed E-state index contributed by atoms with van der Waals surface area (Å²) in [6.07, 6.45) is -2.44. The monoisotopic (exact) mass is 404 g/mol. The van der Waals surface area contributed by atoms with E-state index in [1.165, 1.54) is 34.3 Å². The van der Waals surface area contributed by atoms with Gasteiger partial charge >= 0.3 is 6.18 Å². The lowest BCUT2D eigenvalue weighted by Crippen LogP contribution is -2.13. The number of carbonyl (C=O) groups is 1. The van der Waals surface area contributed by atoms with Crippen LogP contribution in [0.3, 0.4) is 0 Å². The number of nitrogens with one attached hydrogen (secondary N) is 1. The number of rotatable bonds is 4. The van der Waals surface area contributed by atoms with Crippen LogP contribution >= 0.6 is 11.3 Å². The average molecular weight is 404 g/mol. The van der Waals surface area contributed by atoms with Crippen LogP contribution in [0, 0.1) is 18.3 Å². The first kappa shape index (κ1) is 19.6. The van der Waals surface area contributed by atoms with E-state index in [-0.39, 0.29) is 11.3 Å². The number of nitriles is 1. The first-order valence-corrected chi connectivity index (χ1v) is 9.12. The van der Waals surface area contributed by atoms with Gasteiger partial charge in [0.1, 0.15) is 11.1 Å². The summed E-state index contributed by atoms with van der Waals surface area (Å²) < 4.78 is 40.1. The van der Waals surface area contributed by atoms with Gasteiger partial charge in [-0.3, -0.25) is 4.79 Å². The van der Waals surface area contributed by atoms with E-state index in [2.05, 4.69) is 10.4 Å². The molecule has 1 aromatic carbocycles. The fourth-order valence-electron chi connectivity index (χ4n) is 2.67. The Bertz CT molecular complexity index is 1080. The van der Waals surface area contributed by atoms with Gasteiger partial charge in [-0.1, -0.05) is 13.0 Å². The Morgan fingerprint density at radius 2 is 2.11 bits per heavy atom. The highest BCUT2D eigenvalue weighted by Gasteiger charge is 2.30. The van der Waals surface area contributed by atoms with Gasteiger partial charge in [-0.2, -0.15) is 23.5 Å². The lowest BCUT2D eigenvalue weighted by atomic mass is 10.2. The molecule has 0 saturated heterocycles. The zero-order chi connectivity index (χ0) is 20.5. The lowest BCUT2D eigenvalue weighted by molar-refractivity contribution is -0.137. The van der Waals surface area contributed by atoms with Crippen LogP contribution in [0.25, 0.3) is 5.69 Å². The molecule has 0 aliphatic rings. The number of benzene rings is 1. The van der Waals surface area contributed by atoms with Crippen molar-refractivity contribution < 1.29 is 18.0 Å². The SMILES string of the molecule is CCc1cc(C#N)c(NC(=O)c2cnn(-c3cccc(C(F)(F)F)c3)c2C)s1. The summed E-state index contributed by atoms with van der Waals surface area (Å²) >= 11 is 1.31. The van der Waals surface area contributed by atoms with Crippen molar-refractivity contribution in [1.82, 2.24) is 9.78 Å². The number of carbonyl (C=O) groups excluding carboxylic acids is 1. The van der Waals surface area contributed by atoms with Crippen LogP contribution in [-0.4, -0.2) is 15.7 Å². The first-order chi connectivity index (χ1) is 13.2. The fourth-order valence-corrected chi connectivity index (χ4v) is 3.61. The molecule has 9 heteroatoms. The van der Waals surface area contributed by atoms with Gasteiger partial charge < -0.3 is 5.32 Å². The number of halogens is 3. The van der Waals surface area contributed by atoms with Crippen molar-refractivity contribution in [1.29, 1.82) is 5.26 Å². The van der Waals surface area contributed by atoms with E-state index < -0.39 is 17.6 Å². The summed E-state index contributed by atoms with van der Waals surface area (Å²) in [4.78, 5) is 13.6. The minimum absolute atomic E-state index is 0.202. The number of nitrogens with zero attached hydrogens (tertiary/aromatic N) is 3. The van der Waals surface area contributed by atoms with E-state index in [1.54, 1.807) is 13.0 Å². The largest absolute Gasteiger partial charge is 0.416 e. The van der Waals surface area contributed by atoms with Gasteiger partial charge in [0.2, 0.25) is 0 Å². The fraction of sp³-hybridized carbons (Fsp3) is 0.211. The van der Waals surface area contributed by atoms with Gasteiger partial charge in [0, 0.05) is 4.88 Å². The minimum Gasteiger partial charge on any atom is -0.312 e. The summed E-state index contributed by atoms with van der Waals surface area (Å²) in [6, 6.07) is 8.48. The maximum Gasteiger partial charge on any atom is 0.416 e. The standard InChI is InChI=1S/C19H15F3N4OS/c1-3-15-7-12(9-23)18(28-15)25-17(27)16-10-24-26(11(16)2)14-6-4-5-13(8-14)19(20,21)22/h4-8,10H,3H2,1-2H3,(H,25,27). The van der Waals surface area contributed by atoms with Crippen molar-refractivity contribution in [2.45, 2.75) is 26.4 Å². The molecular formula is C19H15F3N4OS. The smallest absolute Gasteiger partial charge is 0.312 e. The molecule has 2 aromatic heterocycles. The van der Waals surface area contributed by atoms with Crippen LogP contribution in [0.1, 0.15) is 39.0 Å². The molecule has 3 aromatic rings. The quantitative estimate of drug-likeness (QED) is 0.669. The molecule has 0 unspecified atom stereocenters. The maximum absolute atomic E-state index is 12.9. The molecule has 0 saturated carbocycles. The summed E-state index contributed by atoms with van der Waals surface area (Å²) in [5.41, 5.74) is 0.386. The van der Waals surface area contributed by atoms with Crippen LogP contribution in [0.4, 0.5) is 18.2 Å². The molecule has 2 heterocycles. The molecular weight excluding hydrogens is 389 g/mol. The summed E-state index contributed by atoms with van der Waals surface area (Å²) in [5, 5.41) is 16.4. The molecule has 0 bridgehead atoms. The Kier molecular flexibility index (Phi) is 5.25. The van der Waals surface area contributed by atoms with E-state index in [4.69, 9.17) is 0 Å². The Balaban J connectivity index is 1.90. The summed E-state index contributed by atoms with van der Waals surface area (Å²) in [5.74, 6) is -0.475. The second kappa shape index (κ2) is 7.48. The van der Waals surface area contributed by atoms with Gasteiger partial charge in [-0.05, 0) is 37.6 Å². The lowest BCUT2D eigenvalue weighted by Gasteiger charge is -2.10. The third-order valence-corrected chi connectivity index (χ3v) is 5.35. The predicted octanol–water partition coefficient (Wildman–Crippen LogP) is 4.95. The molecule has 1 N–H and O–H groups in total. The number of amides is 1. The van der Waals surface area contributed by atoms with Gasteiger partial charge in [0.15, 0.2) is 0 Å². The molecule has 0 atom stereocenters. The second-order valence-corrected chi connectivity index (χ2v) is 7.12. The maximum atomic E-state index is 12.9. The van der Waals surface area contributed by atoms with E-state index in [0.29, 0.717) is 16.3 Å². The average Bonchev–Trinajstić information content (AvgIpc) is 3.24. The third-order valence-electron chi connectivity index (χ3n) is 4.15. The van der Waals surface area contributed by atoms with Crippen molar-refractivity contribution in [3.63, 3.8) is 0 Å². The zero-order valence-electron chi connectivity index (χ0n) is 15.0. The molecule has 5 nitrogen and oxygen atoms in total. The Labute approximate surface area is 163 Å². The molecule has 0 fully saturated rings. The van der Waals surface area contributed by atoms with Crippen molar-refractivity contribution in [3.05, 3.63) is 63.8 Å². The van der Waals surface area contributed by atoms with Crippen LogP contribution < -0.4 is 5.32 Å². The van der Waals surface area contributed by atoms with Crippen LogP contribution in [-0.2, 0) is 12.6 Å². The van der Waals surface area contributed by atoms with Gasteiger partial charge in [0.05, 0.1) is 34.3 Å². The number of thiophene rings is 1. The highest BCUT2D eigenvalue weighted by atomic mass is 32.1. The van der Waals surface area contributed by atoms with E-state index >= 15 is 0 Å². The molecule has 28 heavy (non-hydrogen) atoms. The number of aromatic nitrogens is 2. The molecule has 3 rings (SSSR count). The molecule has 1 amide bonds. The highest BCUT2D eigenvalue weighted by Crippen LogP contribution is 2.31. The molecule has 0 spiro atoms. The first-order valence-electron chi connectivity index (χ1n) is 8.31. The number of aryl methyl sites for hydroxylation is 1. The molecule has 0 radical (unpaired) electrons. The number of anilines is 1. The molecule has 0 aliphatic heterocycles. The second-order valence-electron chi connectivity index (χ2n) is 5.98. The predicted molar refractivity (Wildman–Crippen MR) is 99.7 cm³/mol. The van der Waals surface area contributed by atoms with Crippen molar-refractivity contribution in [2.24, 2.45) is 0 Å². The topological polar surface area (TPSA) is 70.7 Å². The van der Waals surface area contributed by atoms with E-state index in [0.717, 1.165) is 23.4 Å². The van der Waals surface area contributed by atoms with Crippen LogP contribution in [0.2, 0.25) is 0 Å². The van der Waals surface area contributed by atoms with Gasteiger partial charge in [-0.25, -0.2) is 4.68 Å². The molecule has 144 valence electrons. The number of alkyl halides is 3. The Hall–Kier alpha value is -3.12. The Morgan fingerprint density at radius 3 is 2.75 bits per heavy atom. The highest BCUT2D eigenvalue weighted by molar-refractivity contribution is 7.16. The minimum atomic E-state index is -4.47. The van der Waals surface area contributed by atoms with Crippen molar-refractivity contribution in [2.75, 3.05) is 5.32 Å².